The first-order valence-corrected chi connectivity index (χ1v) is 8.80. The molecule has 0 fully saturated rings. The summed E-state index contributed by atoms with van der Waals surface area (Å²) < 4.78 is 28.5. The molecule has 2 aromatic carbocycles. The maximum absolute atomic E-state index is 14.4. The van der Waals surface area contributed by atoms with E-state index in [0.717, 1.165) is 0 Å². The number of hydrogen-bond acceptors (Lipinski definition) is 2. The number of hydrogen-bond donors (Lipinski definition) is 1. The molecular weight excluding hydrogens is 370 g/mol. The van der Waals surface area contributed by atoms with Gasteiger partial charge >= 0.3 is 0 Å². The molecule has 1 amide bonds. The third-order valence-corrected chi connectivity index (χ3v) is 5.21. The highest BCUT2D eigenvalue weighted by Gasteiger charge is 2.24. The van der Waals surface area contributed by atoms with E-state index in [4.69, 9.17) is 11.6 Å². The van der Waals surface area contributed by atoms with Gasteiger partial charge in [-0.3, -0.25) is 4.79 Å². The van der Waals surface area contributed by atoms with Crippen molar-refractivity contribution in [3.8, 4) is 0 Å². The summed E-state index contributed by atoms with van der Waals surface area (Å²) in [6.45, 7) is 1.43. The van der Waals surface area contributed by atoms with E-state index in [1.54, 1.807) is 31.3 Å². The van der Waals surface area contributed by atoms with Crippen LogP contribution in [-0.2, 0) is 6.42 Å². The van der Waals surface area contributed by atoms with Crippen LogP contribution in [0.25, 0.3) is 16.5 Å². The summed E-state index contributed by atoms with van der Waals surface area (Å²) in [4.78, 5) is 16.7. The summed E-state index contributed by atoms with van der Waals surface area (Å²) >= 11 is 6.29. The maximum Gasteiger partial charge on any atom is 0.251 e. The van der Waals surface area contributed by atoms with Crippen molar-refractivity contribution in [2.24, 2.45) is 0 Å². The second-order valence-electron chi connectivity index (χ2n) is 6.41. The second kappa shape index (κ2) is 6.43. The number of nitrogens with zero attached hydrogens (tertiary/aromatic N) is 1. The van der Waals surface area contributed by atoms with E-state index in [9.17, 15) is 13.6 Å². The molecule has 136 valence electrons. The Morgan fingerprint density at radius 3 is 2.74 bits per heavy atom. The Bertz CT molecular complexity index is 1150. The van der Waals surface area contributed by atoms with Gasteiger partial charge in [-0.05, 0) is 54.8 Å². The topological polar surface area (TPSA) is 42.0 Å². The quantitative estimate of drug-likeness (QED) is 0.688. The fraction of sp³-hybridized carbons (Fsp3) is 0.143. The minimum absolute atomic E-state index is 0.0214. The molecule has 1 aromatic heterocycles. The largest absolute Gasteiger partial charge is 0.355 e. The van der Waals surface area contributed by atoms with Crippen LogP contribution in [0.5, 0.6) is 0 Å². The second-order valence-corrected chi connectivity index (χ2v) is 6.82. The van der Waals surface area contributed by atoms with Gasteiger partial charge in [0.25, 0.3) is 5.91 Å². The number of pyridine rings is 1. The average molecular weight is 385 g/mol. The van der Waals surface area contributed by atoms with Crippen LogP contribution in [0.1, 0.15) is 32.7 Å². The van der Waals surface area contributed by atoms with Gasteiger partial charge in [-0.25, -0.2) is 13.8 Å². The van der Waals surface area contributed by atoms with Crippen LogP contribution in [0.2, 0.25) is 5.02 Å². The molecule has 0 bridgehead atoms. The van der Waals surface area contributed by atoms with Crippen molar-refractivity contribution in [2.75, 3.05) is 7.05 Å². The molecule has 1 aliphatic rings. The van der Waals surface area contributed by atoms with Crippen LogP contribution >= 0.6 is 11.6 Å². The number of carbonyl (C=O) groups excluding carboxylic acids is 1. The standard InChI is InChI=1S/C21H15ClF2N2O/c1-10-17(23)9-15-11(3-4-12(15)19(10)24)18-8-6-13-14(21(27)25-2)5-7-16(22)20(13)26-18/h3,5-9H,4H2,1-2H3,(H,25,27). The Balaban J connectivity index is 1.89. The Kier molecular flexibility index (Phi) is 4.19. The number of aromatic nitrogens is 1. The highest BCUT2D eigenvalue weighted by molar-refractivity contribution is 6.35. The van der Waals surface area contributed by atoms with Gasteiger partial charge in [0.2, 0.25) is 0 Å². The molecule has 3 aromatic rings. The molecule has 4 rings (SSSR count). The number of nitrogens with one attached hydrogen (secondary N) is 1. The lowest BCUT2D eigenvalue weighted by Crippen LogP contribution is -2.18. The normalized spacial score (nSPS) is 12.9. The summed E-state index contributed by atoms with van der Waals surface area (Å²) in [5.41, 5.74) is 3.14. The number of halogens is 3. The first-order chi connectivity index (χ1) is 12.9. The lowest BCUT2D eigenvalue weighted by atomic mass is 9.99. The molecule has 0 unspecified atom stereocenters. The molecule has 1 aliphatic carbocycles. The van der Waals surface area contributed by atoms with Gasteiger partial charge in [0.05, 0.1) is 16.2 Å². The predicted molar refractivity (Wildman–Crippen MR) is 102 cm³/mol. The summed E-state index contributed by atoms with van der Waals surface area (Å²) in [5, 5.41) is 3.61. The van der Waals surface area contributed by atoms with Crippen molar-refractivity contribution in [3.63, 3.8) is 0 Å². The van der Waals surface area contributed by atoms with Crippen molar-refractivity contribution in [1.29, 1.82) is 0 Å². The molecule has 0 saturated heterocycles. The van der Waals surface area contributed by atoms with Gasteiger partial charge < -0.3 is 5.32 Å². The van der Waals surface area contributed by atoms with Gasteiger partial charge in [0.15, 0.2) is 0 Å². The number of rotatable bonds is 2. The molecule has 0 spiro atoms. The molecular formula is C21H15ClF2N2O. The summed E-state index contributed by atoms with van der Waals surface area (Å²) in [5.74, 6) is -1.34. The van der Waals surface area contributed by atoms with Gasteiger partial charge in [0.1, 0.15) is 11.6 Å². The molecule has 6 heteroatoms. The third-order valence-electron chi connectivity index (χ3n) is 4.90. The van der Waals surface area contributed by atoms with Crippen molar-refractivity contribution in [2.45, 2.75) is 13.3 Å². The van der Waals surface area contributed by atoms with Crippen molar-refractivity contribution >= 4 is 34.0 Å². The lowest BCUT2D eigenvalue weighted by Gasteiger charge is -2.11. The highest BCUT2D eigenvalue weighted by Crippen LogP contribution is 2.37. The highest BCUT2D eigenvalue weighted by atomic mass is 35.5. The van der Waals surface area contributed by atoms with Gasteiger partial charge in [-0.1, -0.05) is 17.7 Å². The van der Waals surface area contributed by atoms with E-state index in [-0.39, 0.29) is 11.5 Å². The van der Waals surface area contributed by atoms with E-state index in [1.807, 2.05) is 6.08 Å². The molecule has 3 nitrogen and oxygen atoms in total. The fourth-order valence-electron chi connectivity index (χ4n) is 3.43. The zero-order valence-electron chi connectivity index (χ0n) is 14.7. The van der Waals surface area contributed by atoms with Crippen LogP contribution in [-0.4, -0.2) is 17.9 Å². The predicted octanol–water partition coefficient (Wildman–Crippen LogP) is 4.82. The molecule has 1 N–H and O–H groups in total. The van der Waals surface area contributed by atoms with E-state index >= 15 is 0 Å². The van der Waals surface area contributed by atoms with Crippen LogP contribution < -0.4 is 5.32 Å². The molecule has 0 radical (unpaired) electrons. The minimum Gasteiger partial charge on any atom is -0.355 e. The van der Waals surface area contributed by atoms with E-state index in [2.05, 4.69) is 10.3 Å². The van der Waals surface area contributed by atoms with E-state index in [0.29, 0.717) is 50.3 Å². The first kappa shape index (κ1) is 17.6. The summed E-state index contributed by atoms with van der Waals surface area (Å²) in [7, 11) is 1.55. The summed E-state index contributed by atoms with van der Waals surface area (Å²) in [6.07, 6.45) is 2.21. The van der Waals surface area contributed by atoms with Crippen molar-refractivity contribution in [3.05, 3.63) is 81.0 Å². The van der Waals surface area contributed by atoms with E-state index in [1.165, 1.54) is 13.0 Å². The molecule has 27 heavy (non-hydrogen) atoms. The Hall–Kier alpha value is -2.79. The van der Waals surface area contributed by atoms with Crippen LogP contribution in [0.15, 0.2) is 36.4 Å². The van der Waals surface area contributed by atoms with E-state index < -0.39 is 11.6 Å². The Labute approximate surface area is 159 Å². The molecule has 1 heterocycles. The zero-order chi connectivity index (χ0) is 19.3. The van der Waals surface area contributed by atoms with Crippen molar-refractivity contribution in [1.82, 2.24) is 10.3 Å². The molecule has 0 aliphatic heterocycles. The Morgan fingerprint density at radius 1 is 1.22 bits per heavy atom. The van der Waals surface area contributed by atoms with Crippen LogP contribution in [0.3, 0.4) is 0 Å². The number of benzene rings is 2. The lowest BCUT2D eigenvalue weighted by molar-refractivity contribution is 0.0964. The van der Waals surface area contributed by atoms with Gasteiger partial charge in [-0.2, -0.15) is 0 Å². The minimum atomic E-state index is -0.584. The van der Waals surface area contributed by atoms with Crippen LogP contribution in [0, 0.1) is 18.6 Å². The average Bonchev–Trinajstić information content (AvgIpc) is 3.09. The monoisotopic (exact) mass is 384 g/mol. The van der Waals surface area contributed by atoms with Crippen molar-refractivity contribution < 1.29 is 13.6 Å². The Morgan fingerprint density at radius 2 is 2.00 bits per heavy atom. The number of allylic oxidation sites excluding steroid dienone is 1. The molecule has 0 saturated carbocycles. The smallest absolute Gasteiger partial charge is 0.251 e. The third kappa shape index (κ3) is 2.70. The summed E-state index contributed by atoms with van der Waals surface area (Å²) in [6, 6.07) is 8.10. The van der Waals surface area contributed by atoms with Crippen LogP contribution in [0.4, 0.5) is 8.78 Å². The fourth-order valence-corrected chi connectivity index (χ4v) is 3.64. The number of carbonyl (C=O) groups is 1. The number of amides is 1. The zero-order valence-corrected chi connectivity index (χ0v) is 15.4. The number of fused-ring (bicyclic) bond motifs is 2. The SMILES string of the molecule is CNC(=O)c1ccc(Cl)c2nc(C3=CCc4c3cc(F)c(C)c4F)ccc12. The first-order valence-electron chi connectivity index (χ1n) is 8.42. The van der Waals surface area contributed by atoms with Gasteiger partial charge in [-0.15, -0.1) is 0 Å². The van der Waals surface area contributed by atoms with Gasteiger partial charge in [0, 0.05) is 29.1 Å². The maximum atomic E-state index is 14.4. The molecule has 0 atom stereocenters.